The minimum atomic E-state index is -0.563. The van der Waals surface area contributed by atoms with Crippen LogP contribution in [0.15, 0.2) is 11.6 Å². The van der Waals surface area contributed by atoms with Crippen molar-refractivity contribution < 1.29 is 14.9 Å². The van der Waals surface area contributed by atoms with Gasteiger partial charge in [-0.05, 0) is 112 Å². The Morgan fingerprint density at radius 2 is 1.84 bits per heavy atom. The lowest BCUT2D eigenvalue weighted by Crippen LogP contribution is -2.52. The van der Waals surface area contributed by atoms with Gasteiger partial charge in [0.1, 0.15) is 0 Å². The lowest BCUT2D eigenvalue weighted by atomic mass is 9.46. The number of hydrogen-bond donors (Lipinski definition) is 2. The molecular formula is C28H46O3. The number of ether oxygens (including phenoxy) is 1. The number of hydrogen-bond acceptors (Lipinski definition) is 3. The topological polar surface area (TPSA) is 49.7 Å². The maximum absolute atomic E-state index is 10.8. The molecule has 3 saturated carbocycles. The van der Waals surface area contributed by atoms with Crippen LogP contribution >= 0.6 is 0 Å². The standard InChI is InChI=1S/C28H46O3/c1-19(9-12-28(30)15-16-31-18-28)22-7-8-23-21-6-5-20-17-25(2,29)13-14-26(20,3)24(21)10-11-27(22,23)4/h5,19,21-24,29-30H,6-18H2,1-4H3/t19-,21+,22-,23+,24+,25+,26+,27-,28+/m1/s1. The van der Waals surface area contributed by atoms with Crippen LogP contribution in [0.2, 0.25) is 0 Å². The molecule has 0 radical (unpaired) electrons. The molecule has 3 nitrogen and oxygen atoms in total. The Morgan fingerprint density at radius 1 is 1.03 bits per heavy atom. The summed E-state index contributed by atoms with van der Waals surface area (Å²) in [6.07, 6.45) is 15.2. The molecule has 3 heteroatoms. The molecule has 5 aliphatic rings. The quantitative estimate of drug-likeness (QED) is 0.547. The Hall–Kier alpha value is -0.380. The second kappa shape index (κ2) is 7.57. The van der Waals surface area contributed by atoms with E-state index >= 15 is 0 Å². The molecule has 1 heterocycles. The van der Waals surface area contributed by atoms with Crippen LogP contribution < -0.4 is 0 Å². The summed E-state index contributed by atoms with van der Waals surface area (Å²) in [5.74, 6) is 3.99. The second-order valence-corrected chi connectivity index (χ2v) is 13.2. The van der Waals surface area contributed by atoms with Crippen LogP contribution in [0.25, 0.3) is 0 Å². The molecule has 4 fully saturated rings. The van der Waals surface area contributed by atoms with Crippen molar-refractivity contribution in [3.8, 4) is 0 Å². The molecule has 1 aliphatic heterocycles. The van der Waals surface area contributed by atoms with Crippen LogP contribution in [0.3, 0.4) is 0 Å². The van der Waals surface area contributed by atoms with Gasteiger partial charge in [-0.25, -0.2) is 0 Å². The van der Waals surface area contributed by atoms with Crippen molar-refractivity contribution in [2.45, 2.75) is 110 Å². The molecule has 5 rings (SSSR count). The van der Waals surface area contributed by atoms with E-state index < -0.39 is 11.2 Å². The first-order chi connectivity index (χ1) is 14.6. The van der Waals surface area contributed by atoms with Crippen molar-refractivity contribution in [2.75, 3.05) is 13.2 Å². The third-order valence-corrected chi connectivity index (χ3v) is 11.3. The summed E-state index contributed by atoms with van der Waals surface area (Å²) < 4.78 is 5.48. The van der Waals surface area contributed by atoms with Gasteiger partial charge in [-0.1, -0.05) is 32.4 Å². The SMILES string of the molecule is C[C@H](CC[C@]1(O)CCOC1)[C@H]1CC[C@H]2[C@@H]3CC=C4C[C@@](C)(O)CC[C@]4(C)[C@H]3CC[C@]12C. The van der Waals surface area contributed by atoms with Crippen molar-refractivity contribution in [2.24, 2.45) is 40.4 Å². The van der Waals surface area contributed by atoms with Gasteiger partial charge in [-0.3, -0.25) is 0 Å². The van der Waals surface area contributed by atoms with Crippen LogP contribution in [0.5, 0.6) is 0 Å². The molecular weight excluding hydrogens is 384 g/mol. The first-order valence-corrected chi connectivity index (χ1v) is 13.3. The van der Waals surface area contributed by atoms with Gasteiger partial charge in [0.05, 0.1) is 17.8 Å². The molecule has 0 aromatic rings. The van der Waals surface area contributed by atoms with E-state index in [-0.39, 0.29) is 0 Å². The Bertz CT molecular complexity index is 720. The molecule has 176 valence electrons. The molecule has 0 aromatic heterocycles. The van der Waals surface area contributed by atoms with Gasteiger partial charge in [-0.15, -0.1) is 0 Å². The van der Waals surface area contributed by atoms with E-state index in [0.29, 0.717) is 23.4 Å². The normalized spacial score (nSPS) is 52.8. The molecule has 31 heavy (non-hydrogen) atoms. The van der Waals surface area contributed by atoms with Crippen LogP contribution in [0, 0.1) is 40.4 Å². The van der Waals surface area contributed by atoms with Crippen LogP contribution in [-0.4, -0.2) is 34.6 Å². The zero-order chi connectivity index (χ0) is 22.1. The van der Waals surface area contributed by atoms with Crippen LogP contribution in [0.1, 0.15) is 98.3 Å². The molecule has 2 N–H and O–H groups in total. The van der Waals surface area contributed by atoms with Crippen molar-refractivity contribution in [1.82, 2.24) is 0 Å². The minimum Gasteiger partial charge on any atom is -0.390 e. The van der Waals surface area contributed by atoms with Crippen molar-refractivity contribution in [1.29, 1.82) is 0 Å². The van der Waals surface area contributed by atoms with E-state index in [2.05, 4.69) is 26.8 Å². The number of aliphatic hydroxyl groups is 2. The van der Waals surface area contributed by atoms with E-state index in [1.165, 1.54) is 32.1 Å². The first-order valence-electron chi connectivity index (χ1n) is 13.3. The fourth-order valence-electron chi connectivity index (χ4n) is 9.27. The first kappa shape index (κ1) is 22.4. The predicted molar refractivity (Wildman–Crippen MR) is 125 cm³/mol. The fraction of sp³-hybridized carbons (Fsp3) is 0.929. The number of fused-ring (bicyclic) bond motifs is 5. The summed E-state index contributed by atoms with van der Waals surface area (Å²) in [5, 5.41) is 21.5. The summed E-state index contributed by atoms with van der Waals surface area (Å²) in [6.45, 7) is 10.9. The largest absolute Gasteiger partial charge is 0.390 e. The van der Waals surface area contributed by atoms with Crippen molar-refractivity contribution >= 4 is 0 Å². The maximum Gasteiger partial charge on any atom is 0.0902 e. The van der Waals surface area contributed by atoms with E-state index in [1.807, 2.05) is 6.92 Å². The van der Waals surface area contributed by atoms with Crippen LogP contribution in [0.4, 0.5) is 0 Å². The summed E-state index contributed by atoms with van der Waals surface area (Å²) in [4.78, 5) is 0. The molecule has 0 aromatic carbocycles. The highest BCUT2D eigenvalue weighted by atomic mass is 16.5. The smallest absolute Gasteiger partial charge is 0.0902 e. The van der Waals surface area contributed by atoms with Gasteiger partial charge in [0, 0.05) is 13.0 Å². The maximum atomic E-state index is 10.8. The highest BCUT2D eigenvalue weighted by Crippen LogP contribution is 2.67. The van der Waals surface area contributed by atoms with Gasteiger partial charge < -0.3 is 14.9 Å². The highest BCUT2D eigenvalue weighted by Gasteiger charge is 2.59. The molecule has 9 atom stereocenters. The van der Waals surface area contributed by atoms with Crippen molar-refractivity contribution in [3.05, 3.63) is 11.6 Å². The van der Waals surface area contributed by atoms with Gasteiger partial charge in [-0.2, -0.15) is 0 Å². The van der Waals surface area contributed by atoms with Gasteiger partial charge in [0.15, 0.2) is 0 Å². The molecule has 4 aliphatic carbocycles. The van der Waals surface area contributed by atoms with E-state index in [1.54, 1.807) is 5.57 Å². The molecule has 1 saturated heterocycles. The summed E-state index contributed by atoms with van der Waals surface area (Å²) >= 11 is 0. The number of allylic oxidation sites excluding steroid dienone is 1. The van der Waals surface area contributed by atoms with Gasteiger partial charge in [0.25, 0.3) is 0 Å². The average molecular weight is 431 g/mol. The third kappa shape index (κ3) is 3.66. The predicted octanol–water partition coefficient (Wildman–Crippen LogP) is 5.88. The van der Waals surface area contributed by atoms with E-state index in [0.717, 1.165) is 68.8 Å². The summed E-state index contributed by atoms with van der Waals surface area (Å²) in [5.41, 5.74) is 1.30. The van der Waals surface area contributed by atoms with Crippen LogP contribution in [-0.2, 0) is 4.74 Å². The lowest BCUT2D eigenvalue weighted by Gasteiger charge is -2.59. The molecule has 0 spiro atoms. The second-order valence-electron chi connectivity index (χ2n) is 13.2. The van der Waals surface area contributed by atoms with Gasteiger partial charge in [0.2, 0.25) is 0 Å². The molecule has 0 bridgehead atoms. The zero-order valence-electron chi connectivity index (χ0n) is 20.5. The Kier molecular flexibility index (Phi) is 5.47. The molecule has 0 unspecified atom stereocenters. The summed E-state index contributed by atoms with van der Waals surface area (Å²) in [7, 11) is 0. The Balaban J connectivity index is 1.31. The highest BCUT2D eigenvalue weighted by molar-refractivity contribution is 5.26. The minimum absolute atomic E-state index is 0.321. The van der Waals surface area contributed by atoms with E-state index in [4.69, 9.17) is 4.74 Å². The monoisotopic (exact) mass is 430 g/mol. The average Bonchev–Trinajstić information content (AvgIpc) is 3.30. The number of rotatable bonds is 4. The van der Waals surface area contributed by atoms with Gasteiger partial charge >= 0.3 is 0 Å². The Morgan fingerprint density at radius 3 is 2.58 bits per heavy atom. The zero-order valence-corrected chi connectivity index (χ0v) is 20.5. The van der Waals surface area contributed by atoms with Crippen molar-refractivity contribution in [3.63, 3.8) is 0 Å². The third-order valence-electron chi connectivity index (χ3n) is 11.3. The van der Waals surface area contributed by atoms with E-state index in [9.17, 15) is 10.2 Å². The molecule has 0 amide bonds. The lowest BCUT2D eigenvalue weighted by molar-refractivity contribution is -0.0717. The summed E-state index contributed by atoms with van der Waals surface area (Å²) in [6, 6.07) is 0. The fourth-order valence-corrected chi connectivity index (χ4v) is 9.27. The Labute approximate surface area is 190 Å².